The standard InChI is InChI=1S/C20H15Cl2N5O2/c1-11-9-17(27(2)26-11)18(28)23-16-6-4-3-5-13(16)20-25-24-19(29-20)12-7-8-14(21)15(22)10-12/h3-10H,1-2H3,(H,23,28). The molecule has 9 heteroatoms. The Balaban J connectivity index is 1.65. The van der Waals surface area contributed by atoms with Crippen molar-refractivity contribution in [3.63, 3.8) is 0 Å². The Labute approximate surface area is 176 Å². The zero-order valence-corrected chi connectivity index (χ0v) is 17.0. The Kier molecular flexibility index (Phi) is 5.08. The number of para-hydroxylation sites is 1. The summed E-state index contributed by atoms with van der Waals surface area (Å²) in [4.78, 5) is 12.7. The van der Waals surface area contributed by atoms with E-state index in [0.29, 0.717) is 38.4 Å². The highest BCUT2D eigenvalue weighted by atomic mass is 35.5. The van der Waals surface area contributed by atoms with Gasteiger partial charge in [-0.05, 0) is 43.3 Å². The highest BCUT2D eigenvalue weighted by Gasteiger charge is 2.18. The van der Waals surface area contributed by atoms with E-state index in [4.69, 9.17) is 27.6 Å². The van der Waals surface area contributed by atoms with Crippen molar-refractivity contribution < 1.29 is 9.21 Å². The third kappa shape index (κ3) is 3.87. The number of anilines is 1. The summed E-state index contributed by atoms with van der Waals surface area (Å²) >= 11 is 12.0. The van der Waals surface area contributed by atoms with Gasteiger partial charge in [-0.3, -0.25) is 9.48 Å². The van der Waals surface area contributed by atoms with Crippen LogP contribution >= 0.6 is 23.2 Å². The van der Waals surface area contributed by atoms with Crippen molar-refractivity contribution in [2.24, 2.45) is 7.05 Å². The van der Waals surface area contributed by atoms with E-state index in [1.165, 1.54) is 4.68 Å². The Hall–Kier alpha value is -3.16. The molecule has 0 saturated carbocycles. The molecule has 0 aliphatic carbocycles. The third-order valence-electron chi connectivity index (χ3n) is 4.23. The fraction of sp³-hybridized carbons (Fsp3) is 0.100. The highest BCUT2D eigenvalue weighted by molar-refractivity contribution is 6.42. The number of aromatic nitrogens is 4. The maximum Gasteiger partial charge on any atom is 0.273 e. The number of carbonyl (C=O) groups excluding carboxylic acids is 1. The summed E-state index contributed by atoms with van der Waals surface area (Å²) in [6.07, 6.45) is 0. The van der Waals surface area contributed by atoms with Crippen molar-refractivity contribution in [1.29, 1.82) is 0 Å². The van der Waals surface area contributed by atoms with Gasteiger partial charge in [0.05, 0.1) is 27.0 Å². The summed E-state index contributed by atoms with van der Waals surface area (Å²) in [7, 11) is 1.72. The normalized spacial score (nSPS) is 10.9. The van der Waals surface area contributed by atoms with E-state index in [9.17, 15) is 4.79 Å². The molecule has 0 aliphatic heterocycles. The maximum absolute atomic E-state index is 12.7. The third-order valence-corrected chi connectivity index (χ3v) is 4.97. The monoisotopic (exact) mass is 427 g/mol. The topological polar surface area (TPSA) is 85.8 Å². The minimum absolute atomic E-state index is 0.267. The Morgan fingerprint density at radius 1 is 1.03 bits per heavy atom. The van der Waals surface area contributed by atoms with Crippen LogP contribution < -0.4 is 5.32 Å². The first kappa shape index (κ1) is 19.2. The van der Waals surface area contributed by atoms with Crippen LogP contribution in [0.4, 0.5) is 5.69 Å². The second-order valence-electron chi connectivity index (χ2n) is 6.34. The van der Waals surface area contributed by atoms with E-state index in [1.807, 2.05) is 19.1 Å². The van der Waals surface area contributed by atoms with Gasteiger partial charge >= 0.3 is 0 Å². The van der Waals surface area contributed by atoms with E-state index in [1.54, 1.807) is 43.4 Å². The lowest BCUT2D eigenvalue weighted by Gasteiger charge is -2.08. The van der Waals surface area contributed by atoms with E-state index >= 15 is 0 Å². The number of aryl methyl sites for hydroxylation is 2. The Morgan fingerprint density at radius 2 is 1.79 bits per heavy atom. The number of amides is 1. The van der Waals surface area contributed by atoms with Crippen LogP contribution in [0.3, 0.4) is 0 Å². The van der Waals surface area contributed by atoms with Crippen molar-refractivity contribution in [2.45, 2.75) is 6.92 Å². The Bertz CT molecular complexity index is 1220. The van der Waals surface area contributed by atoms with Crippen molar-refractivity contribution in [1.82, 2.24) is 20.0 Å². The lowest BCUT2D eigenvalue weighted by molar-refractivity contribution is 0.101. The minimum Gasteiger partial charge on any atom is -0.416 e. The van der Waals surface area contributed by atoms with Crippen LogP contribution in [0.5, 0.6) is 0 Å². The molecule has 0 bridgehead atoms. The maximum atomic E-state index is 12.7. The molecule has 1 N–H and O–H groups in total. The number of hydrogen-bond acceptors (Lipinski definition) is 5. The predicted octanol–water partition coefficient (Wildman–Crippen LogP) is 5.00. The summed E-state index contributed by atoms with van der Waals surface area (Å²) in [6, 6.07) is 13.9. The molecule has 2 aromatic heterocycles. The molecule has 0 spiro atoms. The number of hydrogen-bond donors (Lipinski definition) is 1. The van der Waals surface area contributed by atoms with Crippen molar-refractivity contribution in [3.05, 3.63) is 70.0 Å². The molecule has 4 rings (SSSR count). The van der Waals surface area contributed by atoms with Gasteiger partial charge < -0.3 is 9.73 Å². The second-order valence-corrected chi connectivity index (χ2v) is 7.15. The van der Waals surface area contributed by atoms with E-state index < -0.39 is 0 Å². The average molecular weight is 428 g/mol. The molecule has 0 radical (unpaired) electrons. The summed E-state index contributed by atoms with van der Waals surface area (Å²) < 4.78 is 7.34. The number of nitrogens with one attached hydrogen (secondary N) is 1. The zero-order chi connectivity index (χ0) is 20.5. The second kappa shape index (κ2) is 7.69. The molecule has 0 unspecified atom stereocenters. The first-order chi connectivity index (χ1) is 13.9. The van der Waals surface area contributed by atoms with Crippen LogP contribution in [0.25, 0.3) is 22.9 Å². The molecule has 2 heterocycles. The highest BCUT2D eigenvalue weighted by Crippen LogP contribution is 2.32. The molecule has 7 nitrogen and oxygen atoms in total. The number of halogens is 2. The average Bonchev–Trinajstić information content (AvgIpc) is 3.31. The van der Waals surface area contributed by atoms with E-state index in [2.05, 4.69) is 20.6 Å². The summed E-state index contributed by atoms with van der Waals surface area (Å²) in [5.41, 5.74) is 2.98. The van der Waals surface area contributed by atoms with Gasteiger partial charge in [0, 0.05) is 12.6 Å². The molecular formula is C20H15Cl2N5O2. The fourth-order valence-electron chi connectivity index (χ4n) is 2.87. The van der Waals surface area contributed by atoms with Crippen LogP contribution in [0, 0.1) is 6.92 Å². The molecule has 1 amide bonds. The van der Waals surface area contributed by atoms with Crippen LogP contribution in [-0.4, -0.2) is 25.9 Å². The lowest BCUT2D eigenvalue weighted by atomic mass is 10.1. The van der Waals surface area contributed by atoms with Gasteiger partial charge in [0.2, 0.25) is 11.8 Å². The molecule has 0 fully saturated rings. The zero-order valence-electron chi connectivity index (χ0n) is 15.5. The Morgan fingerprint density at radius 3 is 2.52 bits per heavy atom. The molecule has 0 atom stereocenters. The van der Waals surface area contributed by atoms with Crippen LogP contribution in [0.2, 0.25) is 10.0 Å². The molecule has 2 aromatic carbocycles. The van der Waals surface area contributed by atoms with Crippen molar-refractivity contribution >= 4 is 34.8 Å². The van der Waals surface area contributed by atoms with Gasteiger partial charge in [0.15, 0.2) is 0 Å². The van der Waals surface area contributed by atoms with E-state index in [-0.39, 0.29) is 11.8 Å². The van der Waals surface area contributed by atoms with Gasteiger partial charge in [-0.2, -0.15) is 5.10 Å². The summed E-state index contributed by atoms with van der Waals surface area (Å²) in [6.45, 7) is 1.83. The SMILES string of the molecule is Cc1cc(C(=O)Nc2ccccc2-c2nnc(-c3ccc(Cl)c(Cl)c3)o2)n(C)n1. The van der Waals surface area contributed by atoms with Crippen LogP contribution in [0.15, 0.2) is 52.9 Å². The van der Waals surface area contributed by atoms with Crippen LogP contribution in [-0.2, 0) is 7.05 Å². The van der Waals surface area contributed by atoms with Crippen molar-refractivity contribution in [2.75, 3.05) is 5.32 Å². The summed E-state index contributed by atoms with van der Waals surface area (Å²) in [5, 5.41) is 16.1. The molecule has 4 aromatic rings. The van der Waals surface area contributed by atoms with Gasteiger partial charge in [-0.25, -0.2) is 0 Å². The van der Waals surface area contributed by atoms with Gasteiger partial charge in [-0.15, -0.1) is 10.2 Å². The summed E-state index contributed by atoms with van der Waals surface area (Å²) in [5.74, 6) is 0.273. The van der Waals surface area contributed by atoms with Gasteiger partial charge in [-0.1, -0.05) is 35.3 Å². The fourth-order valence-corrected chi connectivity index (χ4v) is 3.16. The largest absolute Gasteiger partial charge is 0.416 e. The van der Waals surface area contributed by atoms with Gasteiger partial charge in [0.25, 0.3) is 5.91 Å². The van der Waals surface area contributed by atoms with E-state index in [0.717, 1.165) is 5.69 Å². The molecule has 0 aliphatic rings. The van der Waals surface area contributed by atoms with Gasteiger partial charge in [0.1, 0.15) is 5.69 Å². The molecule has 146 valence electrons. The number of benzene rings is 2. The quantitative estimate of drug-likeness (QED) is 0.494. The predicted molar refractivity (Wildman–Crippen MR) is 111 cm³/mol. The first-order valence-corrected chi connectivity index (χ1v) is 9.38. The first-order valence-electron chi connectivity index (χ1n) is 8.62. The molecule has 29 heavy (non-hydrogen) atoms. The molecular weight excluding hydrogens is 413 g/mol. The number of rotatable bonds is 4. The lowest BCUT2D eigenvalue weighted by Crippen LogP contribution is -2.16. The molecule has 0 saturated heterocycles. The smallest absolute Gasteiger partial charge is 0.273 e. The number of carbonyl (C=O) groups is 1. The van der Waals surface area contributed by atoms with Crippen LogP contribution in [0.1, 0.15) is 16.2 Å². The van der Waals surface area contributed by atoms with Crippen molar-refractivity contribution in [3.8, 4) is 22.9 Å². The number of nitrogens with zero attached hydrogens (tertiary/aromatic N) is 4. The minimum atomic E-state index is -0.287.